The van der Waals surface area contributed by atoms with Crippen LogP contribution in [0, 0.1) is 18.3 Å². The van der Waals surface area contributed by atoms with Gasteiger partial charge in [-0.05, 0) is 19.1 Å². The van der Waals surface area contributed by atoms with Gasteiger partial charge in [0.25, 0.3) is 0 Å². The molecule has 0 bridgehead atoms. The van der Waals surface area contributed by atoms with Crippen molar-refractivity contribution in [3.05, 3.63) is 40.3 Å². The number of aryl methyl sites for hydroxylation is 1. The van der Waals surface area contributed by atoms with Crippen molar-refractivity contribution in [2.45, 2.75) is 29.4 Å². The molecule has 2 aromatic rings. The molecule has 9 heteroatoms. The van der Waals surface area contributed by atoms with Gasteiger partial charge in [-0.1, -0.05) is 12.1 Å². The van der Waals surface area contributed by atoms with E-state index in [4.69, 9.17) is 4.74 Å². The number of thiazole rings is 1. The molecule has 0 aliphatic carbocycles. The fourth-order valence-electron chi connectivity index (χ4n) is 2.44. The molecule has 1 aliphatic rings. The maximum atomic E-state index is 12.2. The lowest BCUT2D eigenvalue weighted by atomic mass is 10.1. The summed E-state index contributed by atoms with van der Waals surface area (Å²) in [5, 5.41) is 13.5. The van der Waals surface area contributed by atoms with E-state index in [9.17, 15) is 19.6 Å². The van der Waals surface area contributed by atoms with E-state index in [1.54, 1.807) is 18.4 Å². The van der Waals surface area contributed by atoms with Crippen molar-refractivity contribution in [2.24, 2.45) is 0 Å². The van der Waals surface area contributed by atoms with E-state index < -0.39 is 29.5 Å². The number of hydrogen-bond acceptors (Lipinski definition) is 8. The molecule has 2 atom stereocenters. The van der Waals surface area contributed by atoms with E-state index in [0.29, 0.717) is 10.7 Å². The highest BCUT2D eigenvalue weighted by atomic mass is 32.2. The summed E-state index contributed by atoms with van der Waals surface area (Å²) in [6, 6.07) is 9.20. The average Bonchev–Trinajstić information content (AvgIpc) is 3.07. The average molecular weight is 401 g/mol. The first-order valence-corrected chi connectivity index (χ1v) is 9.80. The third-order valence-electron chi connectivity index (χ3n) is 3.77. The lowest BCUT2D eigenvalue weighted by molar-refractivity contribution is -0.148. The third kappa shape index (κ3) is 4.53. The zero-order valence-corrected chi connectivity index (χ0v) is 15.9. The van der Waals surface area contributed by atoms with Crippen LogP contribution in [0.15, 0.2) is 34.5 Å². The standard InChI is InChI=1S/C18H15N3O4S2/c1-10-9-26-18(20-10)11(7-19)13(22)8-25-16(23)6-15-17(24)21-12-4-2-3-5-14(12)27-15/h2-5,9,11,15H,6,8H2,1H3,(H,21,24)/t11-,15-/m0/s1. The number of aromatic nitrogens is 1. The van der Waals surface area contributed by atoms with Gasteiger partial charge in [0.2, 0.25) is 5.91 Å². The van der Waals surface area contributed by atoms with Crippen molar-refractivity contribution in [2.75, 3.05) is 11.9 Å². The number of hydrogen-bond donors (Lipinski definition) is 1. The maximum Gasteiger partial charge on any atom is 0.307 e. The summed E-state index contributed by atoms with van der Waals surface area (Å²) in [6.07, 6.45) is -0.161. The molecule has 0 radical (unpaired) electrons. The highest BCUT2D eigenvalue weighted by Gasteiger charge is 2.30. The molecule has 3 rings (SSSR count). The number of ketones is 1. The van der Waals surface area contributed by atoms with Gasteiger partial charge in [0.1, 0.15) is 5.01 Å². The molecule has 0 fully saturated rings. The summed E-state index contributed by atoms with van der Waals surface area (Å²) in [6.45, 7) is 1.25. The van der Waals surface area contributed by atoms with Crippen LogP contribution in [-0.2, 0) is 19.1 Å². The number of benzene rings is 1. The topological polar surface area (TPSA) is 109 Å². The molecule has 0 spiro atoms. The molecule has 138 valence electrons. The number of carbonyl (C=O) groups is 3. The van der Waals surface area contributed by atoms with Crippen molar-refractivity contribution >= 4 is 46.4 Å². The Labute approximate surface area is 163 Å². The van der Waals surface area contributed by atoms with Crippen LogP contribution in [0.3, 0.4) is 0 Å². The Morgan fingerprint density at radius 1 is 1.41 bits per heavy atom. The number of carbonyl (C=O) groups excluding carboxylic acids is 3. The van der Waals surface area contributed by atoms with E-state index in [1.165, 1.54) is 23.1 Å². The molecule has 1 aromatic heterocycles. The summed E-state index contributed by atoms with van der Waals surface area (Å²) in [4.78, 5) is 41.4. The van der Waals surface area contributed by atoms with E-state index in [2.05, 4.69) is 10.3 Å². The fraction of sp³-hybridized carbons (Fsp3) is 0.278. The molecular weight excluding hydrogens is 386 g/mol. The molecule has 7 nitrogen and oxygen atoms in total. The summed E-state index contributed by atoms with van der Waals surface area (Å²) in [5.41, 5.74) is 1.43. The van der Waals surface area contributed by atoms with Crippen LogP contribution in [0.4, 0.5) is 5.69 Å². The monoisotopic (exact) mass is 401 g/mol. The van der Waals surface area contributed by atoms with Crippen molar-refractivity contribution in [1.82, 2.24) is 4.98 Å². The Hall–Kier alpha value is -2.70. The van der Waals surface area contributed by atoms with Gasteiger partial charge >= 0.3 is 5.97 Å². The predicted octanol–water partition coefficient (Wildman–Crippen LogP) is 2.67. The Morgan fingerprint density at radius 2 is 2.19 bits per heavy atom. The van der Waals surface area contributed by atoms with Crippen molar-refractivity contribution in [3.63, 3.8) is 0 Å². The number of ether oxygens (including phenoxy) is 1. The quantitative estimate of drug-likeness (QED) is 0.741. The fourth-order valence-corrected chi connectivity index (χ4v) is 4.40. The first kappa shape index (κ1) is 19.1. The highest BCUT2D eigenvalue weighted by molar-refractivity contribution is 8.01. The van der Waals surface area contributed by atoms with Crippen LogP contribution >= 0.6 is 23.1 Å². The van der Waals surface area contributed by atoms with Crippen molar-refractivity contribution in [3.8, 4) is 6.07 Å². The number of Topliss-reactive ketones (excluding diaryl/α,β-unsaturated/α-hetero) is 1. The lowest BCUT2D eigenvalue weighted by Gasteiger charge is -2.23. The number of esters is 1. The number of anilines is 1. The second-order valence-electron chi connectivity index (χ2n) is 5.81. The number of nitriles is 1. The number of rotatable bonds is 6. The molecule has 1 N–H and O–H groups in total. The Kier molecular flexibility index (Phi) is 5.88. The first-order chi connectivity index (χ1) is 13.0. The zero-order valence-electron chi connectivity index (χ0n) is 14.3. The molecule has 1 amide bonds. The third-order valence-corrected chi connectivity index (χ3v) is 6.07. The number of nitrogens with zero attached hydrogens (tertiary/aromatic N) is 2. The SMILES string of the molecule is Cc1csc([C@@H](C#N)C(=O)COC(=O)C[C@@H]2Sc3ccccc3NC2=O)n1. The minimum atomic E-state index is -1.06. The Morgan fingerprint density at radius 3 is 2.89 bits per heavy atom. The van der Waals surface area contributed by atoms with Crippen LogP contribution in [0.5, 0.6) is 0 Å². The van der Waals surface area contributed by atoms with Crippen molar-refractivity contribution in [1.29, 1.82) is 5.26 Å². The van der Waals surface area contributed by atoms with E-state index in [1.807, 2.05) is 24.3 Å². The van der Waals surface area contributed by atoms with Gasteiger partial charge in [-0.15, -0.1) is 23.1 Å². The van der Waals surface area contributed by atoms with Crippen molar-refractivity contribution < 1.29 is 19.1 Å². The summed E-state index contributed by atoms with van der Waals surface area (Å²) in [5.74, 6) is -2.54. The number of thioether (sulfide) groups is 1. The molecule has 27 heavy (non-hydrogen) atoms. The summed E-state index contributed by atoms with van der Waals surface area (Å²) >= 11 is 2.50. The van der Waals surface area contributed by atoms with Crippen LogP contribution in [-0.4, -0.2) is 34.5 Å². The normalized spacial score (nSPS) is 16.6. The molecule has 0 unspecified atom stereocenters. The Bertz CT molecular complexity index is 935. The number of amides is 1. The van der Waals surface area contributed by atoms with Gasteiger partial charge in [-0.3, -0.25) is 14.4 Å². The predicted molar refractivity (Wildman–Crippen MR) is 101 cm³/mol. The van der Waals surface area contributed by atoms with Gasteiger partial charge in [0.05, 0.1) is 23.4 Å². The minimum absolute atomic E-state index is 0.161. The van der Waals surface area contributed by atoms with Crippen LogP contribution in [0.2, 0.25) is 0 Å². The Balaban J connectivity index is 1.54. The van der Waals surface area contributed by atoms with E-state index in [-0.39, 0.29) is 12.3 Å². The molecule has 0 saturated carbocycles. The summed E-state index contributed by atoms with van der Waals surface area (Å²) < 4.78 is 5.00. The van der Waals surface area contributed by atoms with Crippen LogP contribution in [0.25, 0.3) is 0 Å². The number of para-hydroxylation sites is 1. The van der Waals surface area contributed by atoms with E-state index >= 15 is 0 Å². The zero-order chi connectivity index (χ0) is 19.4. The maximum absolute atomic E-state index is 12.2. The largest absolute Gasteiger partial charge is 0.458 e. The summed E-state index contributed by atoms with van der Waals surface area (Å²) in [7, 11) is 0. The smallest absolute Gasteiger partial charge is 0.307 e. The molecule has 0 saturated heterocycles. The van der Waals surface area contributed by atoms with Gasteiger partial charge < -0.3 is 10.1 Å². The van der Waals surface area contributed by atoms with Crippen LogP contribution < -0.4 is 5.32 Å². The molecule has 2 heterocycles. The highest BCUT2D eigenvalue weighted by Crippen LogP contribution is 2.36. The van der Waals surface area contributed by atoms with Gasteiger partial charge in [0, 0.05) is 16.0 Å². The van der Waals surface area contributed by atoms with Crippen LogP contribution in [0.1, 0.15) is 23.0 Å². The number of nitrogens with one attached hydrogen (secondary N) is 1. The second kappa shape index (κ2) is 8.33. The molecule has 1 aromatic carbocycles. The minimum Gasteiger partial charge on any atom is -0.458 e. The number of fused-ring (bicyclic) bond motifs is 1. The first-order valence-electron chi connectivity index (χ1n) is 8.04. The lowest BCUT2D eigenvalue weighted by Crippen LogP contribution is -2.32. The molecular formula is C18H15N3O4S2. The van der Waals surface area contributed by atoms with Gasteiger partial charge in [0.15, 0.2) is 18.3 Å². The van der Waals surface area contributed by atoms with E-state index in [0.717, 1.165) is 10.6 Å². The second-order valence-corrected chi connectivity index (χ2v) is 7.95. The van der Waals surface area contributed by atoms with Gasteiger partial charge in [-0.2, -0.15) is 5.26 Å². The van der Waals surface area contributed by atoms with Gasteiger partial charge in [-0.25, -0.2) is 4.98 Å². The molecule has 1 aliphatic heterocycles.